The normalized spacial score (nSPS) is 24.5. The minimum atomic E-state index is 0.661. The van der Waals surface area contributed by atoms with Gasteiger partial charge in [0.15, 0.2) is 5.13 Å². The van der Waals surface area contributed by atoms with Crippen LogP contribution in [0.15, 0.2) is 6.20 Å². The van der Waals surface area contributed by atoms with E-state index in [2.05, 4.69) is 9.88 Å². The van der Waals surface area contributed by atoms with E-state index in [1.54, 1.807) is 11.3 Å². The van der Waals surface area contributed by atoms with Crippen LogP contribution in [0.4, 0.5) is 5.13 Å². The molecule has 0 amide bonds. The second kappa shape index (κ2) is 4.58. The minimum absolute atomic E-state index is 0.661. The molecule has 0 aromatic carbocycles. The molecular weight excluding hydrogens is 230 g/mol. The van der Waals surface area contributed by atoms with Gasteiger partial charge in [-0.15, -0.1) is 11.3 Å². The van der Waals surface area contributed by atoms with Gasteiger partial charge in [0.2, 0.25) is 0 Å². The van der Waals surface area contributed by atoms with Gasteiger partial charge in [-0.05, 0) is 31.2 Å². The van der Waals surface area contributed by atoms with E-state index >= 15 is 0 Å². The van der Waals surface area contributed by atoms with Crippen LogP contribution in [0.25, 0.3) is 0 Å². The fraction of sp³-hybridized carbons (Fsp3) is 0.769. The van der Waals surface area contributed by atoms with E-state index in [1.807, 2.05) is 6.20 Å². The Morgan fingerprint density at radius 3 is 2.82 bits per heavy atom. The zero-order chi connectivity index (χ0) is 11.7. The molecule has 94 valence electrons. The Labute approximate surface area is 107 Å². The average Bonchev–Trinajstić information content (AvgIpc) is 2.89. The van der Waals surface area contributed by atoms with E-state index in [-0.39, 0.29) is 0 Å². The zero-order valence-corrected chi connectivity index (χ0v) is 11.1. The van der Waals surface area contributed by atoms with Crippen molar-refractivity contribution in [2.24, 2.45) is 5.41 Å². The molecule has 1 aromatic heterocycles. The van der Waals surface area contributed by atoms with Gasteiger partial charge < -0.3 is 5.73 Å². The first-order valence-electron chi connectivity index (χ1n) is 6.68. The first-order valence-corrected chi connectivity index (χ1v) is 7.50. The standard InChI is InChI=1S/C13H21N3S/c14-12-15-8-11(17-12)9-16-7-6-13(10-16)4-2-1-3-5-13/h8H,1-7,9-10H2,(H2,14,15). The summed E-state index contributed by atoms with van der Waals surface area (Å²) in [5.41, 5.74) is 6.34. The van der Waals surface area contributed by atoms with Crippen LogP contribution in [-0.2, 0) is 6.54 Å². The van der Waals surface area contributed by atoms with Crippen molar-refractivity contribution in [3.05, 3.63) is 11.1 Å². The fourth-order valence-electron chi connectivity index (χ4n) is 3.49. The maximum Gasteiger partial charge on any atom is 0.180 e. The van der Waals surface area contributed by atoms with Crippen LogP contribution in [0.5, 0.6) is 0 Å². The van der Waals surface area contributed by atoms with Gasteiger partial charge in [0, 0.05) is 24.2 Å². The molecule has 1 aliphatic heterocycles. The van der Waals surface area contributed by atoms with Crippen LogP contribution in [0.2, 0.25) is 0 Å². The Morgan fingerprint density at radius 1 is 1.29 bits per heavy atom. The Hall–Kier alpha value is -0.610. The van der Waals surface area contributed by atoms with Crippen molar-refractivity contribution in [2.45, 2.75) is 45.1 Å². The smallest absolute Gasteiger partial charge is 0.180 e. The van der Waals surface area contributed by atoms with Crippen LogP contribution in [-0.4, -0.2) is 23.0 Å². The summed E-state index contributed by atoms with van der Waals surface area (Å²) in [5, 5.41) is 0.701. The van der Waals surface area contributed by atoms with Crippen molar-refractivity contribution in [2.75, 3.05) is 18.8 Å². The third-order valence-electron chi connectivity index (χ3n) is 4.38. The molecule has 0 atom stereocenters. The van der Waals surface area contributed by atoms with E-state index < -0.39 is 0 Å². The van der Waals surface area contributed by atoms with Crippen LogP contribution in [0.1, 0.15) is 43.4 Å². The van der Waals surface area contributed by atoms with Crippen molar-refractivity contribution in [1.82, 2.24) is 9.88 Å². The molecule has 17 heavy (non-hydrogen) atoms. The second-order valence-corrected chi connectivity index (χ2v) is 6.83. The van der Waals surface area contributed by atoms with E-state index in [0.29, 0.717) is 10.5 Å². The first kappa shape index (κ1) is 11.5. The lowest BCUT2D eigenvalue weighted by molar-refractivity contribution is 0.184. The summed E-state index contributed by atoms with van der Waals surface area (Å²) in [6, 6.07) is 0. The van der Waals surface area contributed by atoms with E-state index in [0.717, 1.165) is 6.54 Å². The summed E-state index contributed by atoms with van der Waals surface area (Å²) in [6.07, 6.45) is 10.6. The largest absolute Gasteiger partial charge is 0.375 e. The third kappa shape index (κ3) is 2.47. The summed E-state index contributed by atoms with van der Waals surface area (Å²) in [7, 11) is 0. The number of aromatic nitrogens is 1. The highest BCUT2D eigenvalue weighted by Crippen LogP contribution is 2.44. The van der Waals surface area contributed by atoms with Crippen molar-refractivity contribution in [1.29, 1.82) is 0 Å². The molecule has 4 heteroatoms. The quantitative estimate of drug-likeness (QED) is 0.879. The van der Waals surface area contributed by atoms with E-state index in [9.17, 15) is 0 Å². The number of rotatable bonds is 2. The van der Waals surface area contributed by atoms with Crippen molar-refractivity contribution >= 4 is 16.5 Å². The molecule has 0 radical (unpaired) electrons. The van der Waals surface area contributed by atoms with Gasteiger partial charge in [0.05, 0.1) is 0 Å². The summed E-state index contributed by atoms with van der Waals surface area (Å²) < 4.78 is 0. The summed E-state index contributed by atoms with van der Waals surface area (Å²) in [4.78, 5) is 8.04. The predicted octanol–water partition coefficient (Wildman–Crippen LogP) is 2.88. The van der Waals surface area contributed by atoms with Crippen LogP contribution >= 0.6 is 11.3 Å². The zero-order valence-electron chi connectivity index (χ0n) is 10.3. The molecule has 1 aromatic rings. The summed E-state index contributed by atoms with van der Waals surface area (Å²) >= 11 is 1.63. The minimum Gasteiger partial charge on any atom is -0.375 e. The lowest BCUT2D eigenvalue weighted by Gasteiger charge is -2.33. The molecule has 2 heterocycles. The molecule has 2 N–H and O–H groups in total. The van der Waals surface area contributed by atoms with Crippen molar-refractivity contribution < 1.29 is 0 Å². The number of anilines is 1. The number of hydrogen-bond acceptors (Lipinski definition) is 4. The Kier molecular flexibility index (Phi) is 3.09. The number of hydrogen-bond donors (Lipinski definition) is 1. The Morgan fingerprint density at radius 2 is 2.12 bits per heavy atom. The van der Waals surface area contributed by atoms with Crippen LogP contribution in [0.3, 0.4) is 0 Å². The molecular formula is C13H21N3S. The molecule has 2 aliphatic rings. The molecule has 0 unspecified atom stereocenters. The highest BCUT2D eigenvalue weighted by Gasteiger charge is 2.38. The van der Waals surface area contributed by atoms with E-state index in [1.165, 1.54) is 56.5 Å². The van der Waals surface area contributed by atoms with Gasteiger partial charge in [0.25, 0.3) is 0 Å². The Balaban J connectivity index is 1.60. The third-order valence-corrected chi connectivity index (χ3v) is 5.19. The Bertz CT molecular complexity index is 382. The summed E-state index contributed by atoms with van der Waals surface area (Å²) in [5.74, 6) is 0. The second-order valence-electron chi connectivity index (χ2n) is 5.69. The lowest BCUT2D eigenvalue weighted by Crippen LogP contribution is -2.28. The van der Waals surface area contributed by atoms with Gasteiger partial charge in [-0.25, -0.2) is 4.98 Å². The maximum atomic E-state index is 5.68. The topological polar surface area (TPSA) is 42.1 Å². The number of nitrogens with two attached hydrogens (primary N) is 1. The van der Waals surface area contributed by atoms with Crippen molar-refractivity contribution in [3.63, 3.8) is 0 Å². The fourth-order valence-corrected chi connectivity index (χ4v) is 4.22. The number of nitrogens with zero attached hydrogens (tertiary/aromatic N) is 2. The molecule has 0 bridgehead atoms. The molecule has 2 fully saturated rings. The molecule has 3 rings (SSSR count). The van der Waals surface area contributed by atoms with Gasteiger partial charge in [-0.3, -0.25) is 4.90 Å². The number of nitrogen functional groups attached to an aromatic ring is 1. The SMILES string of the molecule is Nc1ncc(CN2CCC3(CCCCC3)C2)s1. The van der Waals surface area contributed by atoms with Crippen molar-refractivity contribution in [3.8, 4) is 0 Å². The monoisotopic (exact) mass is 251 g/mol. The van der Waals surface area contributed by atoms with Crippen LogP contribution in [0, 0.1) is 5.41 Å². The predicted molar refractivity (Wildman–Crippen MR) is 71.9 cm³/mol. The van der Waals surface area contributed by atoms with Gasteiger partial charge >= 0.3 is 0 Å². The first-order chi connectivity index (χ1) is 8.26. The maximum absolute atomic E-state index is 5.68. The van der Waals surface area contributed by atoms with Gasteiger partial charge in [0.1, 0.15) is 0 Å². The molecule has 1 aliphatic carbocycles. The van der Waals surface area contributed by atoms with Gasteiger partial charge in [-0.1, -0.05) is 19.3 Å². The number of thiazole rings is 1. The highest BCUT2D eigenvalue weighted by atomic mass is 32.1. The lowest BCUT2D eigenvalue weighted by atomic mass is 9.73. The molecule has 3 nitrogen and oxygen atoms in total. The van der Waals surface area contributed by atoms with Gasteiger partial charge in [-0.2, -0.15) is 0 Å². The molecule has 1 spiro atoms. The molecule has 1 saturated heterocycles. The van der Waals surface area contributed by atoms with Crippen LogP contribution < -0.4 is 5.73 Å². The average molecular weight is 251 g/mol. The number of likely N-dealkylation sites (tertiary alicyclic amines) is 1. The highest BCUT2D eigenvalue weighted by molar-refractivity contribution is 7.15. The molecule has 1 saturated carbocycles. The van der Waals surface area contributed by atoms with E-state index in [4.69, 9.17) is 5.73 Å². The summed E-state index contributed by atoms with van der Waals surface area (Å²) in [6.45, 7) is 3.61.